The van der Waals surface area contributed by atoms with Crippen molar-refractivity contribution in [3.8, 4) is 0 Å². The fourth-order valence-electron chi connectivity index (χ4n) is 3.03. The zero-order valence-corrected chi connectivity index (χ0v) is 13.5. The van der Waals surface area contributed by atoms with E-state index in [0.717, 1.165) is 38.0 Å². The molecule has 1 saturated heterocycles. The average molecular weight is 306 g/mol. The number of halogens is 1. The minimum atomic E-state index is -0.233. The van der Waals surface area contributed by atoms with E-state index in [2.05, 4.69) is 12.2 Å². The Labute approximate surface area is 132 Å². The zero-order valence-electron chi connectivity index (χ0n) is 13.5. The minimum absolute atomic E-state index is 0.227. The summed E-state index contributed by atoms with van der Waals surface area (Å²) < 4.78 is 13.0. The highest BCUT2D eigenvalue weighted by Gasteiger charge is 2.18. The first-order chi connectivity index (χ1) is 10.7. The van der Waals surface area contributed by atoms with Crippen LogP contribution < -0.4 is 5.32 Å². The molecule has 1 N–H and O–H groups in total. The van der Waals surface area contributed by atoms with Crippen LogP contribution in [0, 0.1) is 11.7 Å². The van der Waals surface area contributed by atoms with Crippen molar-refractivity contribution in [2.24, 2.45) is 5.92 Å². The zero-order chi connectivity index (χ0) is 15.8. The molecule has 22 heavy (non-hydrogen) atoms. The molecule has 2 rings (SSSR count). The van der Waals surface area contributed by atoms with Gasteiger partial charge in [-0.3, -0.25) is 4.79 Å². The van der Waals surface area contributed by atoms with E-state index in [1.165, 1.54) is 25.0 Å². The van der Waals surface area contributed by atoms with Crippen LogP contribution in [0.1, 0.15) is 44.6 Å². The van der Waals surface area contributed by atoms with E-state index in [1.807, 2.05) is 4.90 Å². The molecule has 1 amide bonds. The van der Waals surface area contributed by atoms with Crippen LogP contribution in [0.4, 0.5) is 4.39 Å². The standard InChI is InChI=1S/C18H27FN2O/c1-2-13-21(14-16-3-6-17(19)7-4-16)18(22)8-5-15-9-11-20-12-10-15/h3-4,6-7,15,20H,2,5,8-14H2,1H3. The van der Waals surface area contributed by atoms with Gasteiger partial charge in [0.05, 0.1) is 0 Å². The predicted octanol–water partition coefficient (Wildman–Crippen LogP) is 3.34. The second-order valence-electron chi connectivity index (χ2n) is 6.17. The molecule has 1 aliphatic heterocycles. The van der Waals surface area contributed by atoms with E-state index >= 15 is 0 Å². The number of hydrogen-bond donors (Lipinski definition) is 1. The summed E-state index contributed by atoms with van der Waals surface area (Å²) in [7, 11) is 0. The molecule has 0 radical (unpaired) electrons. The molecule has 0 bridgehead atoms. The molecule has 0 aliphatic carbocycles. The van der Waals surface area contributed by atoms with Crippen LogP contribution in [-0.4, -0.2) is 30.4 Å². The number of hydrogen-bond acceptors (Lipinski definition) is 2. The molecule has 0 unspecified atom stereocenters. The van der Waals surface area contributed by atoms with Crippen molar-refractivity contribution in [1.82, 2.24) is 10.2 Å². The summed E-state index contributed by atoms with van der Waals surface area (Å²) in [5, 5.41) is 3.36. The summed E-state index contributed by atoms with van der Waals surface area (Å²) in [5.74, 6) is 0.673. The number of carbonyl (C=O) groups excluding carboxylic acids is 1. The highest BCUT2D eigenvalue weighted by atomic mass is 19.1. The molecule has 1 heterocycles. The number of rotatable bonds is 7. The first-order valence-electron chi connectivity index (χ1n) is 8.42. The lowest BCUT2D eigenvalue weighted by molar-refractivity contribution is -0.132. The van der Waals surface area contributed by atoms with Crippen molar-refractivity contribution in [2.75, 3.05) is 19.6 Å². The van der Waals surface area contributed by atoms with Gasteiger partial charge >= 0.3 is 0 Å². The SMILES string of the molecule is CCCN(Cc1ccc(F)cc1)C(=O)CCC1CCNCC1. The van der Waals surface area contributed by atoms with E-state index in [0.29, 0.717) is 18.9 Å². The highest BCUT2D eigenvalue weighted by molar-refractivity contribution is 5.76. The Morgan fingerprint density at radius 3 is 2.59 bits per heavy atom. The van der Waals surface area contributed by atoms with E-state index < -0.39 is 0 Å². The second-order valence-corrected chi connectivity index (χ2v) is 6.17. The molecule has 0 spiro atoms. The Morgan fingerprint density at radius 1 is 1.27 bits per heavy atom. The molecular weight excluding hydrogens is 279 g/mol. The monoisotopic (exact) mass is 306 g/mol. The Balaban J connectivity index is 1.85. The lowest BCUT2D eigenvalue weighted by Gasteiger charge is -2.25. The van der Waals surface area contributed by atoms with Gasteiger partial charge in [-0.05, 0) is 62.4 Å². The van der Waals surface area contributed by atoms with Crippen LogP contribution in [0.3, 0.4) is 0 Å². The third kappa shape index (κ3) is 5.41. The molecule has 1 aromatic carbocycles. The molecule has 1 aliphatic rings. The van der Waals surface area contributed by atoms with Crippen molar-refractivity contribution in [1.29, 1.82) is 0 Å². The molecule has 122 valence electrons. The van der Waals surface area contributed by atoms with Crippen molar-refractivity contribution >= 4 is 5.91 Å². The van der Waals surface area contributed by atoms with Gasteiger partial charge < -0.3 is 10.2 Å². The van der Waals surface area contributed by atoms with Gasteiger partial charge in [0.25, 0.3) is 0 Å². The molecule has 0 saturated carbocycles. The maximum atomic E-state index is 13.0. The maximum Gasteiger partial charge on any atom is 0.222 e. The first kappa shape index (κ1) is 16.9. The predicted molar refractivity (Wildman–Crippen MR) is 86.9 cm³/mol. The Morgan fingerprint density at radius 2 is 1.95 bits per heavy atom. The van der Waals surface area contributed by atoms with Gasteiger partial charge in [0, 0.05) is 19.5 Å². The van der Waals surface area contributed by atoms with Gasteiger partial charge in [0.1, 0.15) is 5.82 Å². The average Bonchev–Trinajstić information content (AvgIpc) is 2.55. The first-order valence-corrected chi connectivity index (χ1v) is 8.42. The Hall–Kier alpha value is -1.42. The Bertz CT molecular complexity index is 455. The van der Waals surface area contributed by atoms with Gasteiger partial charge in [-0.1, -0.05) is 19.1 Å². The van der Waals surface area contributed by atoms with Crippen molar-refractivity contribution < 1.29 is 9.18 Å². The molecular formula is C18H27FN2O. The summed E-state index contributed by atoms with van der Waals surface area (Å²) in [4.78, 5) is 14.4. The summed E-state index contributed by atoms with van der Waals surface area (Å²) in [6, 6.07) is 6.44. The number of nitrogens with one attached hydrogen (secondary N) is 1. The quantitative estimate of drug-likeness (QED) is 0.838. The fraction of sp³-hybridized carbons (Fsp3) is 0.611. The largest absolute Gasteiger partial charge is 0.338 e. The second kappa shape index (κ2) is 8.89. The molecule has 4 heteroatoms. The number of benzene rings is 1. The molecule has 3 nitrogen and oxygen atoms in total. The van der Waals surface area contributed by atoms with E-state index in [9.17, 15) is 9.18 Å². The smallest absolute Gasteiger partial charge is 0.222 e. The summed E-state index contributed by atoms with van der Waals surface area (Å²) >= 11 is 0. The summed E-state index contributed by atoms with van der Waals surface area (Å²) in [6.45, 7) is 5.58. The van der Waals surface area contributed by atoms with Crippen LogP contribution in [0.15, 0.2) is 24.3 Å². The van der Waals surface area contributed by atoms with Crippen LogP contribution >= 0.6 is 0 Å². The number of amides is 1. The van der Waals surface area contributed by atoms with Crippen LogP contribution in [0.25, 0.3) is 0 Å². The van der Waals surface area contributed by atoms with E-state index in [1.54, 1.807) is 12.1 Å². The maximum absolute atomic E-state index is 13.0. The van der Waals surface area contributed by atoms with Gasteiger partial charge in [0.2, 0.25) is 5.91 Å². The summed E-state index contributed by atoms with van der Waals surface area (Å²) in [6.07, 6.45) is 4.92. The van der Waals surface area contributed by atoms with Crippen molar-refractivity contribution in [2.45, 2.75) is 45.6 Å². The highest BCUT2D eigenvalue weighted by Crippen LogP contribution is 2.19. The van der Waals surface area contributed by atoms with Crippen LogP contribution in [0.2, 0.25) is 0 Å². The number of nitrogens with zero attached hydrogens (tertiary/aromatic N) is 1. The van der Waals surface area contributed by atoms with E-state index in [-0.39, 0.29) is 11.7 Å². The number of carbonyl (C=O) groups is 1. The van der Waals surface area contributed by atoms with Crippen molar-refractivity contribution in [3.05, 3.63) is 35.6 Å². The molecule has 0 atom stereocenters. The summed E-state index contributed by atoms with van der Waals surface area (Å²) in [5.41, 5.74) is 0.991. The van der Waals surface area contributed by atoms with Crippen molar-refractivity contribution in [3.63, 3.8) is 0 Å². The third-order valence-corrected chi connectivity index (χ3v) is 4.36. The van der Waals surface area contributed by atoms with Gasteiger partial charge in [-0.15, -0.1) is 0 Å². The Kier molecular flexibility index (Phi) is 6.84. The topological polar surface area (TPSA) is 32.3 Å². The molecule has 1 fully saturated rings. The molecule has 0 aromatic heterocycles. The van der Waals surface area contributed by atoms with Crippen LogP contribution in [0.5, 0.6) is 0 Å². The third-order valence-electron chi connectivity index (χ3n) is 4.36. The van der Waals surface area contributed by atoms with E-state index in [4.69, 9.17) is 0 Å². The minimum Gasteiger partial charge on any atom is -0.338 e. The fourth-order valence-corrected chi connectivity index (χ4v) is 3.03. The normalized spacial score (nSPS) is 15.7. The van der Waals surface area contributed by atoms with Gasteiger partial charge in [-0.2, -0.15) is 0 Å². The number of piperidine rings is 1. The lowest BCUT2D eigenvalue weighted by Crippen LogP contribution is -2.32. The lowest BCUT2D eigenvalue weighted by atomic mass is 9.93. The van der Waals surface area contributed by atoms with Gasteiger partial charge in [-0.25, -0.2) is 4.39 Å². The van der Waals surface area contributed by atoms with Crippen LogP contribution in [-0.2, 0) is 11.3 Å². The molecule has 1 aromatic rings. The van der Waals surface area contributed by atoms with Gasteiger partial charge in [0.15, 0.2) is 0 Å².